The molecular formula is C17H23N5O3S. The Morgan fingerprint density at radius 2 is 2.08 bits per heavy atom. The first-order valence-electron chi connectivity index (χ1n) is 8.44. The molecule has 1 aliphatic rings. The maximum Gasteiger partial charge on any atom is 0.229 e. The van der Waals surface area contributed by atoms with E-state index < -0.39 is 10.0 Å². The molecule has 1 aliphatic heterocycles. The van der Waals surface area contributed by atoms with E-state index in [2.05, 4.69) is 15.3 Å². The van der Waals surface area contributed by atoms with E-state index in [0.29, 0.717) is 37.4 Å². The van der Waals surface area contributed by atoms with Crippen molar-refractivity contribution in [1.82, 2.24) is 14.3 Å². The Kier molecular flexibility index (Phi) is 5.58. The van der Waals surface area contributed by atoms with Crippen LogP contribution in [0.2, 0.25) is 0 Å². The molecule has 8 nitrogen and oxygen atoms in total. The SMILES string of the molecule is CS(=O)(=O)N1CCC(COc2cccc(Nc3nccc(N)n3)c2)CC1. The molecule has 140 valence electrons. The van der Waals surface area contributed by atoms with E-state index in [1.807, 2.05) is 24.3 Å². The second kappa shape index (κ2) is 7.88. The van der Waals surface area contributed by atoms with Crippen LogP contribution < -0.4 is 15.8 Å². The summed E-state index contributed by atoms with van der Waals surface area (Å²) in [5, 5.41) is 3.09. The molecule has 2 heterocycles. The topological polar surface area (TPSA) is 110 Å². The lowest BCUT2D eigenvalue weighted by atomic mass is 9.99. The van der Waals surface area contributed by atoms with E-state index in [1.54, 1.807) is 12.3 Å². The summed E-state index contributed by atoms with van der Waals surface area (Å²) in [6.07, 6.45) is 4.46. The Morgan fingerprint density at radius 3 is 2.77 bits per heavy atom. The smallest absolute Gasteiger partial charge is 0.229 e. The molecule has 0 atom stereocenters. The van der Waals surface area contributed by atoms with Gasteiger partial charge in [-0.05, 0) is 37.0 Å². The minimum atomic E-state index is -3.09. The summed E-state index contributed by atoms with van der Waals surface area (Å²) in [7, 11) is -3.09. The van der Waals surface area contributed by atoms with Gasteiger partial charge in [0.2, 0.25) is 16.0 Å². The van der Waals surface area contributed by atoms with Crippen LogP contribution in [0.25, 0.3) is 0 Å². The summed E-state index contributed by atoms with van der Waals surface area (Å²) >= 11 is 0. The van der Waals surface area contributed by atoms with Crippen LogP contribution in [0.1, 0.15) is 12.8 Å². The lowest BCUT2D eigenvalue weighted by molar-refractivity contribution is 0.186. The first-order chi connectivity index (χ1) is 12.4. The lowest BCUT2D eigenvalue weighted by Crippen LogP contribution is -2.39. The molecule has 1 saturated heterocycles. The van der Waals surface area contributed by atoms with Gasteiger partial charge in [0.05, 0.1) is 12.9 Å². The zero-order valence-electron chi connectivity index (χ0n) is 14.6. The normalized spacial score (nSPS) is 16.3. The molecular weight excluding hydrogens is 354 g/mol. The molecule has 0 saturated carbocycles. The standard InChI is InChI=1S/C17H23N5O3S/c1-26(23,24)22-9-6-13(7-10-22)12-25-15-4-2-3-14(11-15)20-17-19-8-5-16(18)21-17/h2-5,8,11,13H,6-7,9-10,12H2,1H3,(H3,18,19,20,21). The van der Waals surface area contributed by atoms with Crippen molar-refractivity contribution in [1.29, 1.82) is 0 Å². The van der Waals surface area contributed by atoms with Crippen LogP contribution >= 0.6 is 0 Å². The molecule has 2 aromatic rings. The van der Waals surface area contributed by atoms with E-state index in [1.165, 1.54) is 10.6 Å². The maximum atomic E-state index is 11.6. The van der Waals surface area contributed by atoms with Crippen molar-refractivity contribution < 1.29 is 13.2 Å². The summed E-state index contributed by atoms with van der Waals surface area (Å²) < 4.78 is 30.5. The first kappa shape index (κ1) is 18.4. The number of anilines is 3. The van der Waals surface area contributed by atoms with Crippen LogP contribution in [-0.2, 0) is 10.0 Å². The van der Waals surface area contributed by atoms with Crippen LogP contribution in [-0.4, -0.2) is 48.6 Å². The number of rotatable bonds is 6. The summed E-state index contributed by atoms with van der Waals surface area (Å²) in [4.78, 5) is 8.22. The van der Waals surface area contributed by atoms with Crippen LogP contribution in [0.4, 0.5) is 17.5 Å². The van der Waals surface area contributed by atoms with Gasteiger partial charge in [-0.3, -0.25) is 0 Å². The molecule has 9 heteroatoms. The Balaban J connectivity index is 1.53. The molecule has 1 aromatic carbocycles. The van der Waals surface area contributed by atoms with E-state index >= 15 is 0 Å². The number of hydrogen-bond donors (Lipinski definition) is 2. The van der Waals surface area contributed by atoms with Crippen molar-refractivity contribution in [3.8, 4) is 5.75 Å². The van der Waals surface area contributed by atoms with Crippen molar-refractivity contribution >= 4 is 27.5 Å². The van der Waals surface area contributed by atoms with E-state index in [0.717, 1.165) is 24.3 Å². The van der Waals surface area contributed by atoms with Gasteiger partial charge in [-0.25, -0.2) is 17.7 Å². The van der Waals surface area contributed by atoms with E-state index in [4.69, 9.17) is 10.5 Å². The van der Waals surface area contributed by atoms with Crippen molar-refractivity contribution in [2.45, 2.75) is 12.8 Å². The number of nitrogens with two attached hydrogens (primary N) is 1. The fourth-order valence-corrected chi connectivity index (χ4v) is 3.72. The Morgan fingerprint density at radius 1 is 1.31 bits per heavy atom. The predicted molar refractivity (Wildman–Crippen MR) is 101 cm³/mol. The zero-order valence-corrected chi connectivity index (χ0v) is 15.4. The summed E-state index contributed by atoms with van der Waals surface area (Å²) in [5.74, 6) is 1.91. The van der Waals surface area contributed by atoms with Crippen LogP contribution in [0.5, 0.6) is 5.75 Å². The highest BCUT2D eigenvalue weighted by Gasteiger charge is 2.25. The molecule has 1 fully saturated rings. The van der Waals surface area contributed by atoms with Gasteiger partial charge in [-0.1, -0.05) is 6.07 Å². The third kappa shape index (κ3) is 5.06. The zero-order chi connectivity index (χ0) is 18.6. The van der Waals surface area contributed by atoms with Crippen molar-refractivity contribution in [2.24, 2.45) is 5.92 Å². The van der Waals surface area contributed by atoms with Crippen molar-refractivity contribution in [2.75, 3.05) is 37.0 Å². The molecule has 0 amide bonds. The Bertz CT molecular complexity index is 851. The number of aromatic nitrogens is 2. The molecule has 0 bridgehead atoms. The number of hydrogen-bond acceptors (Lipinski definition) is 7. The monoisotopic (exact) mass is 377 g/mol. The maximum absolute atomic E-state index is 11.6. The summed E-state index contributed by atoms with van der Waals surface area (Å²) in [6.45, 7) is 1.68. The fraction of sp³-hybridized carbons (Fsp3) is 0.412. The van der Waals surface area contributed by atoms with Crippen molar-refractivity contribution in [3.63, 3.8) is 0 Å². The second-order valence-electron chi connectivity index (χ2n) is 6.37. The Labute approximate surface area is 153 Å². The Hall–Kier alpha value is -2.39. The van der Waals surface area contributed by atoms with Gasteiger partial charge in [-0.15, -0.1) is 0 Å². The predicted octanol–water partition coefficient (Wildman–Crippen LogP) is 1.85. The van der Waals surface area contributed by atoms with Gasteiger partial charge in [0.1, 0.15) is 11.6 Å². The number of piperidine rings is 1. The summed E-state index contributed by atoms with van der Waals surface area (Å²) in [5.41, 5.74) is 6.46. The number of benzene rings is 1. The van der Waals surface area contributed by atoms with Crippen LogP contribution in [0, 0.1) is 5.92 Å². The van der Waals surface area contributed by atoms with Gasteiger partial charge >= 0.3 is 0 Å². The van der Waals surface area contributed by atoms with Crippen LogP contribution in [0.3, 0.4) is 0 Å². The first-order valence-corrected chi connectivity index (χ1v) is 10.3. The number of sulfonamides is 1. The van der Waals surface area contributed by atoms with Crippen molar-refractivity contribution in [3.05, 3.63) is 36.5 Å². The number of nitrogens with zero attached hydrogens (tertiary/aromatic N) is 3. The van der Waals surface area contributed by atoms with Gasteiger partial charge in [-0.2, -0.15) is 4.98 Å². The molecule has 1 aromatic heterocycles. The van der Waals surface area contributed by atoms with Gasteiger partial charge < -0.3 is 15.8 Å². The van der Waals surface area contributed by atoms with E-state index in [9.17, 15) is 8.42 Å². The van der Waals surface area contributed by atoms with Crippen LogP contribution in [0.15, 0.2) is 36.5 Å². The average molecular weight is 377 g/mol. The molecule has 0 radical (unpaired) electrons. The summed E-state index contributed by atoms with van der Waals surface area (Å²) in [6, 6.07) is 9.16. The molecule has 0 spiro atoms. The highest BCUT2D eigenvalue weighted by molar-refractivity contribution is 7.88. The third-order valence-electron chi connectivity index (χ3n) is 4.30. The fourth-order valence-electron chi connectivity index (χ4n) is 2.85. The minimum absolute atomic E-state index is 0.349. The largest absolute Gasteiger partial charge is 0.493 e. The van der Waals surface area contributed by atoms with Gasteiger partial charge in [0.25, 0.3) is 0 Å². The highest BCUT2D eigenvalue weighted by atomic mass is 32.2. The third-order valence-corrected chi connectivity index (χ3v) is 5.60. The van der Waals surface area contributed by atoms with Gasteiger partial charge in [0.15, 0.2) is 0 Å². The molecule has 0 unspecified atom stereocenters. The molecule has 3 N–H and O–H groups in total. The van der Waals surface area contributed by atoms with E-state index in [-0.39, 0.29) is 0 Å². The molecule has 0 aliphatic carbocycles. The minimum Gasteiger partial charge on any atom is -0.493 e. The second-order valence-corrected chi connectivity index (χ2v) is 8.36. The lowest BCUT2D eigenvalue weighted by Gasteiger charge is -2.30. The number of nitrogens with one attached hydrogen (secondary N) is 1. The quantitative estimate of drug-likeness (QED) is 0.790. The number of ether oxygens (including phenoxy) is 1. The average Bonchev–Trinajstić information content (AvgIpc) is 2.60. The molecule has 3 rings (SSSR count). The number of nitrogen functional groups attached to an aromatic ring is 1. The van der Waals surface area contributed by atoms with Gasteiger partial charge in [0, 0.05) is 31.0 Å². The highest BCUT2D eigenvalue weighted by Crippen LogP contribution is 2.23. The molecule has 26 heavy (non-hydrogen) atoms.